The number of benzene rings is 2. The largest absolute Gasteiger partial charge is 0.493 e. The summed E-state index contributed by atoms with van der Waals surface area (Å²) in [6, 6.07) is 12.8. The molecule has 2 aromatic carbocycles. The quantitative estimate of drug-likeness (QED) is 0.815. The van der Waals surface area contributed by atoms with E-state index in [0.29, 0.717) is 11.1 Å². The second kappa shape index (κ2) is 7.57. The highest BCUT2D eigenvalue weighted by molar-refractivity contribution is 9.10. The van der Waals surface area contributed by atoms with Crippen molar-refractivity contribution in [1.29, 1.82) is 0 Å². The third kappa shape index (κ3) is 3.63. The van der Waals surface area contributed by atoms with E-state index in [0.717, 1.165) is 23.3 Å². The van der Waals surface area contributed by atoms with Crippen molar-refractivity contribution in [3.63, 3.8) is 0 Å². The molecule has 1 unspecified atom stereocenters. The Bertz CT molecular complexity index is 603. The first kappa shape index (κ1) is 16.0. The highest BCUT2D eigenvalue weighted by Crippen LogP contribution is 2.34. The van der Waals surface area contributed by atoms with Gasteiger partial charge in [-0.05, 0) is 47.1 Å². The summed E-state index contributed by atoms with van der Waals surface area (Å²) in [4.78, 5) is 0. The van der Waals surface area contributed by atoms with Crippen LogP contribution in [0.1, 0.15) is 30.5 Å². The van der Waals surface area contributed by atoms with Gasteiger partial charge in [0.15, 0.2) is 0 Å². The molecule has 0 saturated carbocycles. The van der Waals surface area contributed by atoms with Crippen LogP contribution in [0, 0.1) is 5.82 Å². The maximum absolute atomic E-state index is 13.8. The van der Waals surface area contributed by atoms with Gasteiger partial charge in [0.25, 0.3) is 0 Å². The standard InChI is InChI=1S/C17H19BrFNO/c1-3-11-21-15-10-5-4-7-12(15)17(20-2)13-8-6-9-14(19)16(13)18/h4-10,17,20H,3,11H2,1-2H3. The lowest BCUT2D eigenvalue weighted by Crippen LogP contribution is -2.19. The Kier molecular flexibility index (Phi) is 5.76. The van der Waals surface area contributed by atoms with Crippen LogP contribution < -0.4 is 10.1 Å². The first-order valence-corrected chi connectivity index (χ1v) is 7.81. The normalized spacial score (nSPS) is 12.2. The van der Waals surface area contributed by atoms with Crippen molar-refractivity contribution in [3.05, 3.63) is 63.9 Å². The van der Waals surface area contributed by atoms with Crippen molar-refractivity contribution in [2.75, 3.05) is 13.7 Å². The van der Waals surface area contributed by atoms with E-state index in [9.17, 15) is 4.39 Å². The van der Waals surface area contributed by atoms with Gasteiger partial charge in [0, 0.05) is 5.56 Å². The van der Waals surface area contributed by atoms with Crippen molar-refractivity contribution in [1.82, 2.24) is 5.32 Å². The van der Waals surface area contributed by atoms with Crippen LogP contribution in [0.15, 0.2) is 46.9 Å². The van der Waals surface area contributed by atoms with Crippen LogP contribution in [0.25, 0.3) is 0 Å². The minimum absolute atomic E-state index is 0.136. The lowest BCUT2D eigenvalue weighted by atomic mass is 9.98. The molecule has 2 rings (SSSR count). The molecule has 0 spiro atoms. The van der Waals surface area contributed by atoms with Gasteiger partial charge in [0.2, 0.25) is 0 Å². The molecule has 4 heteroatoms. The van der Waals surface area contributed by atoms with Gasteiger partial charge < -0.3 is 10.1 Å². The second-order valence-electron chi connectivity index (χ2n) is 4.75. The number of para-hydroxylation sites is 1. The Labute approximate surface area is 133 Å². The van der Waals surface area contributed by atoms with E-state index in [2.05, 4.69) is 28.2 Å². The molecule has 2 aromatic rings. The van der Waals surface area contributed by atoms with E-state index < -0.39 is 0 Å². The van der Waals surface area contributed by atoms with Crippen LogP contribution in [0.2, 0.25) is 0 Å². The molecule has 0 heterocycles. The SMILES string of the molecule is CCCOc1ccccc1C(NC)c1cccc(F)c1Br. The molecule has 0 aliphatic rings. The molecule has 0 aliphatic carbocycles. The first-order chi connectivity index (χ1) is 10.2. The van der Waals surface area contributed by atoms with Gasteiger partial charge in [0.05, 0.1) is 17.1 Å². The van der Waals surface area contributed by atoms with Crippen molar-refractivity contribution in [2.24, 2.45) is 0 Å². The average Bonchev–Trinajstić information content (AvgIpc) is 2.51. The second-order valence-corrected chi connectivity index (χ2v) is 5.54. The van der Waals surface area contributed by atoms with Crippen molar-refractivity contribution in [3.8, 4) is 5.75 Å². The molecule has 0 aliphatic heterocycles. The lowest BCUT2D eigenvalue weighted by molar-refractivity contribution is 0.312. The predicted octanol–water partition coefficient (Wildman–Crippen LogP) is 4.69. The number of nitrogens with one attached hydrogen (secondary N) is 1. The van der Waals surface area contributed by atoms with Gasteiger partial charge in [-0.25, -0.2) is 4.39 Å². The van der Waals surface area contributed by atoms with E-state index >= 15 is 0 Å². The molecule has 2 nitrogen and oxygen atoms in total. The zero-order chi connectivity index (χ0) is 15.2. The fraction of sp³-hybridized carbons (Fsp3) is 0.294. The van der Waals surface area contributed by atoms with Crippen LogP contribution in [0.3, 0.4) is 0 Å². The maximum atomic E-state index is 13.8. The Balaban J connectivity index is 2.44. The Morgan fingerprint density at radius 1 is 1.14 bits per heavy atom. The van der Waals surface area contributed by atoms with Crippen LogP contribution in [-0.4, -0.2) is 13.7 Å². The summed E-state index contributed by atoms with van der Waals surface area (Å²) >= 11 is 3.34. The van der Waals surface area contributed by atoms with Crippen molar-refractivity contribution in [2.45, 2.75) is 19.4 Å². The molecule has 112 valence electrons. The van der Waals surface area contributed by atoms with Gasteiger partial charge in [-0.2, -0.15) is 0 Å². The molecule has 0 aromatic heterocycles. The van der Waals surface area contributed by atoms with Gasteiger partial charge in [-0.1, -0.05) is 37.3 Å². The monoisotopic (exact) mass is 351 g/mol. The highest BCUT2D eigenvalue weighted by atomic mass is 79.9. The summed E-state index contributed by atoms with van der Waals surface area (Å²) < 4.78 is 20.1. The van der Waals surface area contributed by atoms with Crippen molar-refractivity contribution < 1.29 is 9.13 Å². The van der Waals surface area contributed by atoms with E-state index in [1.807, 2.05) is 37.4 Å². The molecule has 0 saturated heterocycles. The molecule has 0 radical (unpaired) electrons. The summed E-state index contributed by atoms with van der Waals surface area (Å²) in [5.41, 5.74) is 1.85. The molecule has 1 atom stereocenters. The summed E-state index contributed by atoms with van der Waals surface area (Å²) in [6.07, 6.45) is 0.947. The molecule has 0 bridgehead atoms. The molecule has 1 N–H and O–H groups in total. The predicted molar refractivity (Wildman–Crippen MR) is 87.2 cm³/mol. The number of ether oxygens (including phenoxy) is 1. The molecular weight excluding hydrogens is 333 g/mol. The summed E-state index contributed by atoms with van der Waals surface area (Å²) in [6.45, 7) is 2.74. The summed E-state index contributed by atoms with van der Waals surface area (Å²) in [5, 5.41) is 3.24. The molecular formula is C17H19BrFNO. The highest BCUT2D eigenvalue weighted by Gasteiger charge is 2.20. The third-order valence-corrected chi connectivity index (χ3v) is 4.11. The maximum Gasteiger partial charge on any atom is 0.137 e. The molecule has 0 fully saturated rings. The van der Waals surface area contributed by atoms with E-state index in [-0.39, 0.29) is 11.9 Å². The number of rotatable bonds is 6. The molecule has 0 amide bonds. The third-order valence-electron chi connectivity index (χ3n) is 3.27. The minimum Gasteiger partial charge on any atom is -0.493 e. The van der Waals surface area contributed by atoms with Gasteiger partial charge >= 0.3 is 0 Å². The number of hydrogen-bond acceptors (Lipinski definition) is 2. The number of hydrogen-bond donors (Lipinski definition) is 1. The minimum atomic E-state index is -0.264. The average molecular weight is 352 g/mol. The Morgan fingerprint density at radius 2 is 1.86 bits per heavy atom. The zero-order valence-electron chi connectivity index (χ0n) is 12.2. The Hall–Kier alpha value is -1.39. The van der Waals surface area contributed by atoms with Crippen LogP contribution in [0.4, 0.5) is 4.39 Å². The topological polar surface area (TPSA) is 21.3 Å². The Morgan fingerprint density at radius 3 is 2.57 bits per heavy atom. The van der Waals surface area contributed by atoms with E-state index in [1.165, 1.54) is 6.07 Å². The zero-order valence-corrected chi connectivity index (χ0v) is 13.8. The van der Waals surface area contributed by atoms with Gasteiger partial charge in [-0.15, -0.1) is 0 Å². The lowest BCUT2D eigenvalue weighted by Gasteiger charge is -2.22. The van der Waals surface area contributed by atoms with Gasteiger partial charge in [0.1, 0.15) is 11.6 Å². The number of halogens is 2. The van der Waals surface area contributed by atoms with E-state index in [1.54, 1.807) is 6.07 Å². The fourth-order valence-corrected chi connectivity index (χ4v) is 2.78. The van der Waals surface area contributed by atoms with Crippen LogP contribution in [-0.2, 0) is 0 Å². The molecule has 21 heavy (non-hydrogen) atoms. The summed E-state index contributed by atoms with van der Waals surface area (Å²) in [5.74, 6) is 0.564. The first-order valence-electron chi connectivity index (χ1n) is 7.02. The summed E-state index contributed by atoms with van der Waals surface area (Å²) in [7, 11) is 1.86. The van der Waals surface area contributed by atoms with E-state index in [4.69, 9.17) is 4.74 Å². The van der Waals surface area contributed by atoms with Gasteiger partial charge in [-0.3, -0.25) is 0 Å². The van der Waals surface area contributed by atoms with Crippen molar-refractivity contribution >= 4 is 15.9 Å². The fourth-order valence-electron chi connectivity index (χ4n) is 2.28. The van der Waals surface area contributed by atoms with Crippen LogP contribution >= 0.6 is 15.9 Å². The smallest absolute Gasteiger partial charge is 0.137 e. The van der Waals surface area contributed by atoms with Crippen LogP contribution in [0.5, 0.6) is 5.75 Å².